The maximum atomic E-state index is 12.8. The predicted octanol–water partition coefficient (Wildman–Crippen LogP) is 7.01. The third-order valence-electron chi connectivity index (χ3n) is 6.24. The van der Waals surface area contributed by atoms with Crippen LogP contribution in [0.3, 0.4) is 0 Å². The van der Waals surface area contributed by atoms with Crippen LogP contribution in [0.25, 0.3) is 0 Å². The predicted molar refractivity (Wildman–Crippen MR) is 156 cm³/mol. The molecule has 0 unspecified atom stereocenters. The van der Waals surface area contributed by atoms with Gasteiger partial charge in [-0.2, -0.15) is 0 Å². The first kappa shape index (κ1) is 34.3. The van der Waals surface area contributed by atoms with Crippen LogP contribution >= 0.6 is 0 Å². The van der Waals surface area contributed by atoms with Gasteiger partial charge >= 0.3 is 12.2 Å². The van der Waals surface area contributed by atoms with Crippen molar-refractivity contribution in [2.45, 2.75) is 129 Å². The van der Waals surface area contributed by atoms with Crippen molar-refractivity contribution in [1.29, 1.82) is 0 Å². The third-order valence-corrected chi connectivity index (χ3v) is 6.24. The monoisotopic (exact) mass is 547 g/mol. The van der Waals surface area contributed by atoms with Gasteiger partial charge in [-0.3, -0.25) is 4.79 Å². The molecule has 1 aromatic carbocycles. The summed E-state index contributed by atoms with van der Waals surface area (Å²) < 4.78 is 10.6. The van der Waals surface area contributed by atoms with E-state index in [1.165, 1.54) is 51.4 Å². The number of rotatable bonds is 20. The highest BCUT2D eigenvalue weighted by molar-refractivity contribution is 5.85. The number of alkyl carbamates (subject to hydrolysis) is 2. The Morgan fingerprint density at radius 3 is 1.92 bits per heavy atom. The van der Waals surface area contributed by atoms with Gasteiger partial charge in [0.1, 0.15) is 18.2 Å². The van der Waals surface area contributed by atoms with Gasteiger partial charge in [-0.25, -0.2) is 9.59 Å². The molecular weight excluding hydrogens is 494 g/mol. The number of carbonyl (C=O) groups is 3. The fourth-order valence-corrected chi connectivity index (χ4v) is 4.10. The second kappa shape index (κ2) is 21.1. The molecular formula is C31H53N3O5. The van der Waals surface area contributed by atoms with Gasteiger partial charge in [0.05, 0.1) is 0 Å². The minimum Gasteiger partial charge on any atom is -0.445 e. The van der Waals surface area contributed by atoms with Crippen molar-refractivity contribution in [3.05, 3.63) is 35.9 Å². The van der Waals surface area contributed by atoms with Crippen molar-refractivity contribution in [2.75, 3.05) is 13.1 Å². The average Bonchev–Trinajstić information content (AvgIpc) is 2.89. The summed E-state index contributed by atoms with van der Waals surface area (Å²) in [5.74, 6) is -0.202. The molecule has 0 aromatic heterocycles. The molecule has 1 aromatic rings. The largest absolute Gasteiger partial charge is 0.445 e. The van der Waals surface area contributed by atoms with Crippen LogP contribution in [-0.4, -0.2) is 42.8 Å². The number of amides is 3. The second-order valence-corrected chi connectivity index (χ2v) is 11.2. The Morgan fingerprint density at radius 1 is 0.744 bits per heavy atom. The molecule has 0 spiro atoms. The fourth-order valence-electron chi connectivity index (χ4n) is 4.10. The van der Waals surface area contributed by atoms with Crippen molar-refractivity contribution in [3.63, 3.8) is 0 Å². The molecule has 3 amide bonds. The maximum absolute atomic E-state index is 12.8. The first-order valence-corrected chi connectivity index (χ1v) is 14.9. The normalized spacial score (nSPS) is 11.9. The summed E-state index contributed by atoms with van der Waals surface area (Å²) in [6, 6.07) is 8.80. The van der Waals surface area contributed by atoms with E-state index >= 15 is 0 Å². The number of ether oxygens (including phenoxy) is 2. The Balaban J connectivity index is 2.30. The summed E-state index contributed by atoms with van der Waals surface area (Å²) in [4.78, 5) is 37.1. The molecule has 222 valence electrons. The van der Waals surface area contributed by atoms with E-state index in [4.69, 9.17) is 9.47 Å². The van der Waals surface area contributed by atoms with Crippen molar-refractivity contribution in [1.82, 2.24) is 16.0 Å². The number of hydrogen-bond donors (Lipinski definition) is 3. The fraction of sp³-hybridized carbons (Fsp3) is 0.710. The standard InChI is InChI=1S/C31H53N3O5/c1-5-6-7-8-9-10-11-12-13-18-23-32-28(35)27(34-30(37)39-31(2,3)4)22-17-19-24-33-29(36)38-25-26-20-15-14-16-21-26/h14-16,20-21,27H,5-13,17-19,22-25H2,1-4H3,(H,32,35)(H,33,36)(H,34,37)/t27-/m0/s1. The molecule has 3 N–H and O–H groups in total. The molecule has 0 bridgehead atoms. The highest BCUT2D eigenvalue weighted by Crippen LogP contribution is 2.11. The molecule has 0 aliphatic rings. The van der Waals surface area contributed by atoms with E-state index in [1.807, 2.05) is 30.3 Å². The summed E-state index contributed by atoms with van der Waals surface area (Å²) in [6.07, 6.45) is 13.0. The summed E-state index contributed by atoms with van der Waals surface area (Å²) in [6.45, 7) is 8.83. The topological polar surface area (TPSA) is 106 Å². The Morgan fingerprint density at radius 2 is 1.31 bits per heavy atom. The van der Waals surface area contributed by atoms with Crippen LogP contribution in [0, 0.1) is 0 Å². The van der Waals surface area contributed by atoms with Crippen LogP contribution in [0.15, 0.2) is 30.3 Å². The van der Waals surface area contributed by atoms with Crippen molar-refractivity contribution in [3.8, 4) is 0 Å². The Labute approximate surface area is 236 Å². The lowest BCUT2D eigenvalue weighted by Gasteiger charge is -2.23. The van der Waals surface area contributed by atoms with E-state index in [0.717, 1.165) is 18.4 Å². The van der Waals surface area contributed by atoms with Crippen LogP contribution < -0.4 is 16.0 Å². The lowest BCUT2D eigenvalue weighted by Crippen LogP contribution is -2.48. The highest BCUT2D eigenvalue weighted by Gasteiger charge is 2.23. The zero-order chi connectivity index (χ0) is 28.8. The molecule has 0 fully saturated rings. The molecule has 0 heterocycles. The first-order chi connectivity index (χ1) is 18.7. The number of nitrogens with one attached hydrogen (secondary N) is 3. The van der Waals surface area contributed by atoms with Crippen LogP contribution in [0.5, 0.6) is 0 Å². The Hall–Kier alpha value is -2.77. The average molecular weight is 548 g/mol. The maximum Gasteiger partial charge on any atom is 0.408 e. The molecule has 0 aliphatic heterocycles. The highest BCUT2D eigenvalue weighted by atomic mass is 16.6. The van der Waals surface area contributed by atoms with Gasteiger partial charge < -0.3 is 25.4 Å². The van der Waals surface area contributed by atoms with Crippen molar-refractivity contribution < 1.29 is 23.9 Å². The smallest absolute Gasteiger partial charge is 0.408 e. The summed E-state index contributed by atoms with van der Waals surface area (Å²) >= 11 is 0. The summed E-state index contributed by atoms with van der Waals surface area (Å²) in [5, 5.41) is 8.41. The SMILES string of the molecule is CCCCCCCCCCCCNC(=O)[C@H](CCCCNC(=O)OCc1ccccc1)NC(=O)OC(C)(C)C. The third kappa shape index (κ3) is 19.9. The van der Waals surface area contributed by atoms with E-state index in [0.29, 0.717) is 32.4 Å². The molecule has 0 radical (unpaired) electrons. The van der Waals surface area contributed by atoms with E-state index in [9.17, 15) is 14.4 Å². The molecule has 8 nitrogen and oxygen atoms in total. The minimum absolute atomic E-state index is 0.202. The summed E-state index contributed by atoms with van der Waals surface area (Å²) in [5.41, 5.74) is 0.276. The lowest BCUT2D eigenvalue weighted by molar-refractivity contribution is -0.123. The second-order valence-electron chi connectivity index (χ2n) is 11.2. The molecule has 0 aliphatic carbocycles. The Kier molecular flexibility index (Phi) is 18.5. The molecule has 1 atom stereocenters. The first-order valence-electron chi connectivity index (χ1n) is 14.9. The number of unbranched alkanes of at least 4 members (excludes halogenated alkanes) is 10. The quantitative estimate of drug-likeness (QED) is 0.152. The van der Waals surface area contributed by atoms with Gasteiger partial charge in [0.15, 0.2) is 0 Å². The number of benzene rings is 1. The van der Waals surface area contributed by atoms with E-state index < -0.39 is 23.8 Å². The number of carbonyl (C=O) groups excluding carboxylic acids is 3. The van der Waals surface area contributed by atoms with Crippen molar-refractivity contribution in [2.24, 2.45) is 0 Å². The molecule has 0 saturated carbocycles. The van der Waals surface area contributed by atoms with E-state index in [-0.39, 0.29) is 12.5 Å². The number of hydrogen-bond acceptors (Lipinski definition) is 5. The molecule has 39 heavy (non-hydrogen) atoms. The van der Waals surface area contributed by atoms with Crippen LogP contribution in [0.4, 0.5) is 9.59 Å². The van der Waals surface area contributed by atoms with Gasteiger partial charge in [-0.15, -0.1) is 0 Å². The van der Waals surface area contributed by atoms with Gasteiger partial charge in [-0.1, -0.05) is 95.0 Å². The van der Waals surface area contributed by atoms with E-state index in [1.54, 1.807) is 20.8 Å². The van der Waals surface area contributed by atoms with Gasteiger partial charge in [0.25, 0.3) is 0 Å². The van der Waals surface area contributed by atoms with Gasteiger partial charge in [0.2, 0.25) is 5.91 Å². The van der Waals surface area contributed by atoms with Crippen LogP contribution in [0.2, 0.25) is 0 Å². The zero-order valence-corrected chi connectivity index (χ0v) is 24.8. The Bertz CT molecular complexity index is 795. The molecule has 1 rings (SSSR count). The van der Waals surface area contributed by atoms with Crippen LogP contribution in [-0.2, 0) is 20.9 Å². The van der Waals surface area contributed by atoms with Crippen LogP contribution in [0.1, 0.15) is 117 Å². The molecule has 0 saturated heterocycles. The van der Waals surface area contributed by atoms with Gasteiger partial charge in [-0.05, 0) is 52.0 Å². The van der Waals surface area contributed by atoms with Crippen molar-refractivity contribution >= 4 is 18.1 Å². The summed E-state index contributed by atoms with van der Waals surface area (Å²) in [7, 11) is 0. The minimum atomic E-state index is -0.687. The van der Waals surface area contributed by atoms with Gasteiger partial charge in [0, 0.05) is 13.1 Å². The molecule has 8 heteroatoms. The zero-order valence-electron chi connectivity index (χ0n) is 24.8. The van der Waals surface area contributed by atoms with E-state index in [2.05, 4.69) is 22.9 Å². The lowest BCUT2D eigenvalue weighted by atomic mass is 10.1.